The van der Waals surface area contributed by atoms with Crippen LogP contribution in [0.4, 0.5) is 0 Å². The molecule has 0 amide bonds. The molecule has 0 bridgehead atoms. The summed E-state index contributed by atoms with van der Waals surface area (Å²) in [7, 11) is 4.18. The van der Waals surface area contributed by atoms with Crippen LogP contribution in [0.2, 0.25) is 0 Å². The molecule has 1 aliphatic heterocycles. The molecule has 1 saturated heterocycles. The van der Waals surface area contributed by atoms with Gasteiger partial charge in [0.1, 0.15) is 30.5 Å². The number of nitriles is 1. The number of aliphatic hydroxyl groups is 4. The molecule has 1 heterocycles. The molecule has 1 aliphatic carbocycles. The lowest BCUT2D eigenvalue weighted by atomic mass is 9.84. The lowest BCUT2D eigenvalue weighted by Crippen LogP contribution is -2.61. The maximum Gasteiger partial charge on any atom is 0.331 e. The van der Waals surface area contributed by atoms with Crippen molar-refractivity contribution in [1.82, 2.24) is 0 Å². The fraction of sp³-hybridized carbons (Fsp3) is 0.538. The van der Waals surface area contributed by atoms with Gasteiger partial charge in [-0.2, -0.15) is 5.26 Å². The van der Waals surface area contributed by atoms with Gasteiger partial charge in [-0.05, 0) is 23.8 Å². The van der Waals surface area contributed by atoms with Crippen molar-refractivity contribution in [3.63, 3.8) is 0 Å². The van der Waals surface area contributed by atoms with Crippen molar-refractivity contribution in [3.8, 4) is 17.6 Å². The number of carbonyl (C=O) groups excluding carboxylic acids is 1. The molecule has 1 aromatic carbocycles. The van der Waals surface area contributed by atoms with Crippen molar-refractivity contribution in [2.24, 2.45) is 0 Å². The van der Waals surface area contributed by atoms with Crippen molar-refractivity contribution in [3.05, 3.63) is 41.5 Å². The number of phenolic OH excluding ortho intramolecular Hbond substituents is 1. The largest absolute Gasteiger partial charge is 0.504 e. The lowest BCUT2D eigenvalue weighted by molar-refractivity contribution is -0.314. The van der Waals surface area contributed by atoms with Gasteiger partial charge in [-0.1, -0.05) is 6.07 Å². The normalized spacial score (nSPS) is 34.1. The molecule has 0 unspecified atom stereocenters. The molecule has 214 valence electrons. The number of benzene rings is 1. The van der Waals surface area contributed by atoms with E-state index in [1.54, 1.807) is 0 Å². The van der Waals surface area contributed by atoms with Crippen molar-refractivity contribution in [1.29, 1.82) is 5.26 Å². The molecule has 39 heavy (non-hydrogen) atoms. The zero-order chi connectivity index (χ0) is 28.7. The van der Waals surface area contributed by atoms with E-state index < -0.39 is 67.7 Å². The Morgan fingerprint density at radius 2 is 1.90 bits per heavy atom. The Morgan fingerprint density at radius 3 is 2.51 bits per heavy atom. The van der Waals surface area contributed by atoms with Gasteiger partial charge in [-0.25, -0.2) is 4.79 Å². The molecule has 2 fully saturated rings. The van der Waals surface area contributed by atoms with E-state index in [2.05, 4.69) is 0 Å². The molecule has 0 radical (unpaired) electrons. The average Bonchev–Trinajstić information content (AvgIpc) is 2.93. The predicted octanol–water partition coefficient (Wildman–Crippen LogP) is -0.605. The summed E-state index contributed by atoms with van der Waals surface area (Å²) in [6, 6.07) is 6.24. The van der Waals surface area contributed by atoms with Gasteiger partial charge in [0.05, 0.1) is 32.0 Å². The van der Waals surface area contributed by atoms with Crippen LogP contribution in [0.15, 0.2) is 35.9 Å². The van der Waals surface area contributed by atoms with Crippen LogP contribution >= 0.6 is 0 Å². The highest BCUT2D eigenvalue weighted by Crippen LogP contribution is 2.34. The van der Waals surface area contributed by atoms with E-state index in [1.807, 2.05) is 6.07 Å². The summed E-state index contributed by atoms with van der Waals surface area (Å²) >= 11 is 0. The summed E-state index contributed by atoms with van der Waals surface area (Å²) in [6.45, 7) is -0.679. The van der Waals surface area contributed by atoms with Crippen molar-refractivity contribution in [2.75, 3.05) is 27.9 Å². The topological polar surface area (TPSA) is 197 Å². The van der Waals surface area contributed by atoms with Gasteiger partial charge < -0.3 is 54.0 Å². The maximum atomic E-state index is 12.7. The third-order valence-corrected chi connectivity index (χ3v) is 6.63. The SMILES string of the molecule is COc1cc(/C=C/C(=O)O[C@H]2[C@H](O[C@@H]3C[C@H](OC)[C@H](OC)[C@@H](O)/C3=C\C#N)O[C@H](CO)[C@@H](O)[C@@H]2O)ccc1O. The first-order chi connectivity index (χ1) is 18.7. The minimum Gasteiger partial charge on any atom is -0.504 e. The number of carbonyl (C=O) groups is 1. The highest BCUT2D eigenvalue weighted by atomic mass is 16.7. The van der Waals surface area contributed by atoms with Gasteiger partial charge in [-0.15, -0.1) is 0 Å². The fourth-order valence-electron chi connectivity index (χ4n) is 4.55. The number of nitrogens with zero attached hydrogens (tertiary/aromatic N) is 1. The molecule has 2 aliphatic rings. The van der Waals surface area contributed by atoms with Gasteiger partial charge >= 0.3 is 5.97 Å². The van der Waals surface area contributed by atoms with E-state index >= 15 is 0 Å². The second-order valence-corrected chi connectivity index (χ2v) is 8.93. The van der Waals surface area contributed by atoms with Crippen LogP contribution in [0.3, 0.4) is 0 Å². The highest BCUT2D eigenvalue weighted by Gasteiger charge is 2.50. The number of aromatic hydroxyl groups is 1. The maximum absolute atomic E-state index is 12.7. The van der Waals surface area contributed by atoms with E-state index in [0.29, 0.717) is 5.56 Å². The molecule has 0 spiro atoms. The van der Waals surface area contributed by atoms with Crippen LogP contribution in [-0.2, 0) is 28.5 Å². The third kappa shape index (κ3) is 6.93. The number of phenols is 1. The van der Waals surface area contributed by atoms with Crippen molar-refractivity contribution < 1.29 is 58.7 Å². The molecule has 0 aromatic heterocycles. The first-order valence-corrected chi connectivity index (χ1v) is 12.1. The summed E-state index contributed by atoms with van der Waals surface area (Å²) in [4.78, 5) is 12.7. The first kappa shape index (κ1) is 30.5. The number of rotatable bonds is 9. The summed E-state index contributed by atoms with van der Waals surface area (Å²) in [5.41, 5.74) is 0.643. The smallest absolute Gasteiger partial charge is 0.331 e. The number of hydrogen-bond donors (Lipinski definition) is 5. The summed E-state index contributed by atoms with van der Waals surface area (Å²) in [5.74, 6) is -0.824. The van der Waals surface area contributed by atoms with Gasteiger partial charge in [0.2, 0.25) is 0 Å². The van der Waals surface area contributed by atoms with Gasteiger partial charge in [0.15, 0.2) is 23.9 Å². The van der Waals surface area contributed by atoms with E-state index in [4.69, 9.17) is 28.4 Å². The van der Waals surface area contributed by atoms with E-state index in [9.17, 15) is 35.6 Å². The van der Waals surface area contributed by atoms with Crippen LogP contribution < -0.4 is 4.74 Å². The number of methoxy groups -OCH3 is 3. The van der Waals surface area contributed by atoms with Crippen molar-refractivity contribution >= 4 is 12.0 Å². The Morgan fingerprint density at radius 1 is 1.15 bits per heavy atom. The molecular formula is C26H33NO12. The average molecular weight is 552 g/mol. The molecular weight excluding hydrogens is 518 g/mol. The van der Waals surface area contributed by atoms with Crippen LogP contribution in [0.5, 0.6) is 11.5 Å². The number of hydrogen-bond acceptors (Lipinski definition) is 13. The summed E-state index contributed by atoms with van der Waals surface area (Å²) < 4.78 is 32.8. The van der Waals surface area contributed by atoms with E-state index in [-0.39, 0.29) is 23.5 Å². The Hall–Kier alpha value is -3.06. The molecule has 13 heteroatoms. The van der Waals surface area contributed by atoms with Crippen LogP contribution in [0.25, 0.3) is 6.08 Å². The molecule has 5 N–H and O–H groups in total. The molecule has 1 aromatic rings. The number of allylic oxidation sites excluding steroid dienone is 1. The third-order valence-electron chi connectivity index (χ3n) is 6.63. The van der Waals surface area contributed by atoms with E-state index in [1.165, 1.54) is 45.6 Å². The minimum absolute atomic E-state index is 0.0858. The summed E-state index contributed by atoms with van der Waals surface area (Å²) in [5, 5.41) is 60.6. The zero-order valence-electron chi connectivity index (χ0n) is 21.6. The highest BCUT2D eigenvalue weighted by molar-refractivity contribution is 5.87. The van der Waals surface area contributed by atoms with Crippen LogP contribution in [0.1, 0.15) is 12.0 Å². The zero-order valence-corrected chi connectivity index (χ0v) is 21.6. The quantitative estimate of drug-likeness (QED) is 0.148. The molecule has 9 atom stereocenters. The fourth-order valence-corrected chi connectivity index (χ4v) is 4.55. The molecule has 3 rings (SSSR count). The Bertz CT molecular complexity index is 1090. The van der Waals surface area contributed by atoms with Gasteiger partial charge in [0.25, 0.3) is 0 Å². The number of aliphatic hydroxyl groups excluding tert-OH is 4. The summed E-state index contributed by atoms with van der Waals surface area (Å²) in [6.07, 6.45) is -7.77. The van der Waals surface area contributed by atoms with Gasteiger partial charge in [0, 0.05) is 38.4 Å². The number of ether oxygens (including phenoxy) is 6. The number of esters is 1. The first-order valence-electron chi connectivity index (χ1n) is 12.1. The second kappa shape index (κ2) is 13.8. The molecule has 13 nitrogen and oxygen atoms in total. The van der Waals surface area contributed by atoms with Crippen LogP contribution in [0, 0.1) is 11.3 Å². The predicted molar refractivity (Wildman–Crippen MR) is 132 cm³/mol. The minimum atomic E-state index is -1.71. The van der Waals surface area contributed by atoms with Gasteiger partial charge in [-0.3, -0.25) is 0 Å². The van der Waals surface area contributed by atoms with E-state index in [0.717, 1.165) is 12.2 Å². The van der Waals surface area contributed by atoms with Crippen LogP contribution in [-0.4, -0.2) is 115 Å². The molecule has 1 saturated carbocycles. The lowest BCUT2D eigenvalue weighted by Gasteiger charge is -2.45. The Balaban J connectivity index is 1.84. The van der Waals surface area contributed by atoms with Crippen molar-refractivity contribution in [2.45, 2.75) is 61.5 Å². The second-order valence-electron chi connectivity index (χ2n) is 8.93. The standard InChI is InChI=1S/C26H33NO12/c1-34-17-10-13(4-6-15(17)29)5-7-20(30)39-25-23(33)22(32)19(12-28)38-26(25)37-16-11-18(35-2)24(36-3)21(31)14(16)8-9-27/h4-8,10,16,18-19,21-26,28-29,31-33H,11-12H2,1-3H3/b7-5+,14-8-/t16-,18+,19-,21+,22-,23+,24+,25-,26-/m1/s1. The Labute approximate surface area is 225 Å². The Kier molecular flexibility index (Phi) is 10.8. The monoisotopic (exact) mass is 551 g/mol.